The predicted molar refractivity (Wildman–Crippen MR) is 248 cm³/mol. The third kappa shape index (κ3) is 9.71. The van der Waals surface area contributed by atoms with Crippen LogP contribution in [0.3, 0.4) is 0 Å². The summed E-state index contributed by atoms with van der Waals surface area (Å²) in [6.45, 7) is 8.56. The fraction of sp³-hybridized carbons (Fsp3) is 0.208. The van der Waals surface area contributed by atoms with Gasteiger partial charge in [-0.3, -0.25) is 0 Å². The Labute approximate surface area is 351 Å². The highest BCUT2D eigenvalue weighted by Crippen LogP contribution is 2.39. The van der Waals surface area contributed by atoms with Crippen LogP contribution in [0.1, 0.15) is 88.0 Å². The summed E-state index contributed by atoms with van der Waals surface area (Å²) >= 11 is 5.07. The maximum absolute atomic E-state index is 5.44. The van der Waals surface area contributed by atoms with Crippen LogP contribution in [0.15, 0.2) is 115 Å². The van der Waals surface area contributed by atoms with E-state index in [9.17, 15) is 0 Å². The lowest BCUT2D eigenvalue weighted by Gasteiger charge is -2.03. The average Bonchev–Trinajstić information content (AvgIpc) is 3.98. The normalized spacial score (nSPS) is 10.5. The highest BCUT2D eigenvalue weighted by atomic mass is 32.1. The summed E-state index contributed by atoms with van der Waals surface area (Å²) in [7, 11) is 1.70. The lowest BCUT2D eigenvalue weighted by atomic mass is 10.0. The van der Waals surface area contributed by atoms with Gasteiger partial charge in [-0.2, -0.15) is 0 Å². The Balaban J connectivity index is 1.28. The summed E-state index contributed by atoms with van der Waals surface area (Å²) in [4.78, 5) is 6.29. The monoisotopic (exact) mass is 794 g/mol. The number of hydrogen-bond donors (Lipinski definition) is 0. The summed E-state index contributed by atoms with van der Waals surface area (Å²) in [5.41, 5.74) is 12.2. The summed E-state index contributed by atoms with van der Waals surface area (Å²) in [6, 6.07) is 41.8. The van der Waals surface area contributed by atoms with E-state index < -0.39 is 0 Å². The van der Waals surface area contributed by atoms with E-state index in [0.717, 1.165) is 96.5 Å². The van der Waals surface area contributed by atoms with Gasteiger partial charge in [0.25, 0.3) is 0 Å². The van der Waals surface area contributed by atoms with Crippen molar-refractivity contribution in [2.45, 2.75) is 66.2 Å². The van der Waals surface area contributed by atoms with Gasteiger partial charge < -0.3 is 4.74 Å². The summed E-state index contributed by atoms with van der Waals surface area (Å²) in [6.07, 6.45) is 6.63. The first-order chi connectivity index (χ1) is 28.0. The molecule has 0 saturated carbocycles. The number of methoxy groups -OCH3 is 1. The van der Waals surface area contributed by atoms with E-state index in [4.69, 9.17) is 4.74 Å². The van der Waals surface area contributed by atoms with E-state index in [2.05, 4.69) is 159 Å². The molecule has 0 atom stereocenters. The van der Waals surface area contributed by atoms with Crippen molar-refractivity contribution in [2.24, 2.45) is 0 Å². The minimum Gasteiger partial charge on any atom is -0.497 e. The maximum Gasteiger partial charge on any atom is 0.118 e. The molecule has 0 saturated heterocycles. The highest BCUT2D eigenvalue weighted by Gasteiger charge is 2.14. The van der Waals surface area contributed by atoms with Crippen LogP contribution in [0.25, 0.3) is 43.8 Å². The zero-order valence-electron chi connectivity index (χ0n) is 33.3. The molecular weight excluding hydrogens is 749 g/mol. The predicted octanol–water partition coefficient (Wildman–Crippen LogP) is 14.6. The van der Waals surface area contributed by atoms with Crippen LogP contribution in [-0.4, -0.2) is 7.11 Å². The molecule has 0 spiro atoms. The van der Waals surface area contributed by atoms with Crippen LogP contribution in [0.4, 0.5) is 0 Å². The van der Waals surface area contributed by atoms with Crippen molar-refractivity contribution in [1.29, 1.82) is 0 Å². The molecule has 7 rings (SSSR count). The average molecular weight is 795 g/mol. The largest absolute Gasteiger partial charge is 0.497 e. The molecule has 0 bridgehead atoms. The molecule has 3 heterocycles. The molecule has 0 amide bonds. The molecule has 57 heavy (non-hydrogen) atoms. The van der Waals surface area contributed by atoms with E-state index in [-0.39, 0.29) is 0 Å². The lowest BCUT2D eigenvalue weighted by Crippen LogP contribution is -1.84. The van der Waals surface area contributed by atoms with Gasteiger partial charge in [0, 0.05) is 21.6 Å². The Morgan fingerprint density at radius 1 is 0.439 bits per heavy atom. The molecule has 0 unspecified atom stereocenters. The third-order valence-electron chi connectivity index (χ3n) is 9.82. The van der Waals surface area contributed by atoms with E-state index in [1.807, 2.05) is 19.1 Å². The molecule has 0 aliphatic rings. The topological polar surface area (TPSA) is 9.23 Å². The Morgan fingerprint density at radius 2 is 0.825 bits per heavy atom. The Morgan fingerprint density at radius 3 is 1.23 bits per heavy atom. The number of benzene rings is 4. The standard InChI is InChI=1S/C53H46OS3/c1-6-10-37-14-20-40(21-15-37)47-34-45(55-50(47)13-9-4)30-32-51-48(41-22-16-38(11-7-2)17-23-41)35-46(56-51)31-33-52-49(42-24-18-39(12-8-3)19-25-42)36-53(57-52)43-26-28-44(54-5)29-27-43/h14-29,34-36H,6-8,10-12H2,1-5H3. The first-order valence-corrected chi connectivity index (χ1v) is 22.2. The smallest absolute Gasteiger partial charge is 0.118 e. The molecule has 0 radical (unpaired) electrons. The Hall–Kier alpha value is -5.54. The Kier molecular flexibility index (Phi) is 13.3. The molecule has 0 N–H and O–H groups in total. The summed E-state index contributed by atoms with van der Waals surface area (Å²) < 4.78 is 5.44. The quantitative estimate of drug-likeness (QED) is 0.119. The van der Waals surface area contributed by atoms with Crippen LogP contribution in [0, 0.1) is 35.5 Å². The molecular formula is C53H46OS3. The van der Waals surface area contributed by atoms with Gasteiger partial charge in [-0.05, 0) is 131 Å². The van der Waals surface area contributed by atoms with Crippen molar-refractivity contribution < 1.29 is 4.74 Å². The van der Waals surface area contributed by atoms with Crippen molar-refractivity contribution in [3.05, 3.63) is 156 Å². The third-order valence-corrected chi connectivity index (χ3v) is 12.9. The number of aryl methyl sites for hydroxylation is 3. The van der Waals surface area contributed by atoms with Gasteiger partial charge >= 0.3 is 0 Å². The zero-order valence-corrected chi connectivity index (χ0v) is 35.8. The van der Waals surface area contributed by atoms with Crippen LogP contribution in [-0.2, 0) is 19.3 Å². The van der Waals surface area contributed by atoms with E-state index in [0.29, 0.717) is 0 Å². The maximum atomic E-state index is 5.44. The molecule has 0 aliphatic carbocycles. The van der Waals surface area contributed by atoms with E-state index in [1.165, 1.54) is 32.7 Å². The fourth-order valence-electron chi connectivity index (χ4n) is 6.88. The first-order valence-electron chi connectivity index (χ1n) is 19.8. The van der Waals surface area contributed by atoms with Gasteiger partial charge in [0.2, 0.25) is 0 Å². The van der Waals surface area contributed by atoms with E-state index >= 15 is 0 Å². The SMILES string of the molecule is CC#Cc1sc(C#Cc2sc(C#Cc3sc(-c4ccc(OC)cc4)cc3-c3ccc(CCC)cc3)cc2-c2ccc(CCC)cc2)cc1-c1ccc(CCC)cc1. The molecule has 282 valence electrons. The number of rotatable bonds is 11. The molecule has 7 aromatic rings. The Bertz CT molecular complexity index is 2630. The van der Waals surface area contributed by atoms with Crippen LogP contribution in [0.5, 0.6) is 5.75 Å². The van der Waals surface area contributed by atoms with Gasteiger partial charge in [0.05, 0.1) is 31.5 Å². The fourth-order valence-corrected chi connectivity index (χ4v) is 9.75. The van der Waals surface area contributed by atoms with Crippen LogP contribution < -0.4 is 4.74 Å². The molecule has 0 aliphatic heterocycles. The number of ether oxygens (including phenoxy) is 1. The lowest BCUT2D eigenvalue weighted by molar-refractivity contribution is 0.415. The van der Waals surface area contributed by atoms with Crippen LogP contribution in [0.2, 0.25) is 0 Å². The van der Waals surface area contributed by atoms with Crippen molar-refractivity contribution >= 4 is 34.0 Å². The second-order valence-corrected chi connectivity index (χ2v) is 17.2. The molecule has 3 aromatic heterocycles. The minimum absolute atomic E-state index is 0.848. The molecule has 4 aromatic carbocycles. The van der Waals surface area contributed by atoms with Crippen molar-refractivity contribution in [3.63, 3.8) is 0 Å². The highest BCUT2D eigenvalue weighted by molar-refractivity contribution is 7.16. The number of thiophene rings is 3. The van der Waals surface area contributed by atoms with Gasteiger partial charge in [-0.1, -0.05) is 119 Å². The van der Waals surface area contributed by atoms with Crippen LogP contribution >= 0.6 is 34.0 Å². The summed E-state index contributed by atoms with van der Waals surface area (Å²) in [5, 5.41) is 0. The van der Waals surface area contributed by atoms with E-state index in [1.54, 1.807) is 41.1 Å². The molecule has 0 fully saturated rings. The second kappa shape index (κ2) is 19.1. The zero-order chi connectivity index (χ0) is 39.6. The second-order valence-electron chi connectivity index (χ2n) is 14.0. The minimum atomic E-state index is 0.848. The first kappa shape index (κ1) is 39.7. The van der Waals surface area contributed by atoms with Gasteiger partial charge in [-0.15, -0.1) is 39.9 Å². The van der Waals surface area contributed by atoms with Gasteiger partial charge in [0.1, 0.15) is 5.75 Å². The molecule has 4 heteroatoms. The van der Waals surface area contributed by atoms with Crippen molar-refractivity contribution in [1.82, 2.24) is 0 Å². The summed E-state index contributed by atoms with van der Waals surface area (Å²) in [5.74, 6) is 21.6. The molecule has 1 nitrogen and oxygen atoms in total. The van der Waals surface area contributed by atoms with Gasteiger partial charge in [0.15, 0.2) is 0 Å². The van der Waals surface area contributed by atoms with Gasteiger partial charge in [-0.25, -0.2) is 0 Å². The van der Waals surface area contributed by atoms with Crippen molar-refractivity contribution in [3.8, 4) is 85.1 Å². The van der Waals surface area contributed by atoms with Crippen molar-refractivity contribution in [2.75, 3.05) is 7.11 Å². The number of hydrogen-bond acceptors (Lipinski definition) is 4.